The second-order valence-electron chi connectivity index (χ2n) is 1.52. The second kappa shape index (κ2) is 5.51. The molecule has 0 aliphatic rings. The van der Waals surface area contributed by atoms with Gasteiger partial charge in [-0.15, -0.1) is 0 Å². The summed E-state index contributed by atoms with van der Waals surface area (Å²) in [7, 11) is 0. The van der Waals surface area contributed by atoms with Gasteiger partial charge in [-0.2, -0.15) is 0 Å². The molecule has 0 fully saturated rings. The molecule has 0 unspecified atom stereocenters. The van der Waals surface area contributed by atoms with E-state index in [0.717, 1.165) is 4.90 Å². The van der Waals surface area contributed by atoms with E-state index in [4.69, 9.17) is 6.42 Å². The van der Waals surface area contributed by atoms with E-state index in [1.54, 1.807) is 0 Å². The summed E-state index contributed by atoms with van der Waals surface area (Å²) in [6.07, 6.45) is 6.65. The van der Waals surface area contributed by atoms with Gasteiger partial charge in [-0.1, -0.05) is 30.0 Å². The van der Waals surface area contributed by atoms with Crippen molar-refractivity contribution in [3.05, 3.63) is 36.8 Å². The van der Waals surface area contributed by atoms with E-state index >= 15 is 0 Å². The summed E-state index contributed by atoms with van der Waals surface area (Å²) < 4.78 is 0. The Bertz CT molecular complexity index is 212. The number of thioether (sulfide) groups is 1. The van der Waals surface area contributed by atoms with Gasteiger partial charge >= 0.3 is 18.9 Å². The molecule has 0 nitrogen and oxygen atoms in total. The minimum Gasteiger partial charge on any atom is -0.681 e. The third-order valence-electron chi connectivity index (χ3n) is 0.912. The summed E-state index contributed by atoms with van der Waals surface area (Å²) in [5.41, 5.74) is 0. The summed E-state index contributed by atoms with van der Waals surface area (Å²) >= 11 is 1.29. The predicted octanol–water partition coefficient (Wildman–Crippen LogP) is -0.670. The zero-order valence-corrected chi connectivity index (χ0v) is 6.61. The summed E-state index contributed by atoms with van der Waals surface area (Å²) in [5.74, 6) is 0. The van der Waals surface area contributed by atoms with E-state index in [0.29, 0.717) is 0 Å². The van der Waals surface area contributed by atoms with Gasteiger partial charge in [0.05, 0.1) is 0 Å². The van der Waals surface area contributed by atoms with Crippen molar-refractivity contribution in [2.24, 2.45) is 0 Å². The van der Waals surface area contributed by atoms with Crippen molar-refractivity contribution >= 4 is 11.8 Å². The Kier molecular flexibility index (Phi) is 5.36. The zero-order valence-electron chi connectivity index (χ0n) is 5.79. The summed E-state index contributed by atoms with van der Waals surface area (Å²) in [6, 6.07) is 9.74. The maximum atomic E-state index is 6.65. The van der Waals surface area contributed by atoms with Crippen LogP contribution < -0.4 is 18.9 Å². The molecule has 0 radical (unpaired) electrons. The molecule has 0 heterocycles. The largest absolute Gasteiger partial charge is 1.00 e. The van der Waals surface area contributed by atoms with Crippen molar-refractivity contribution in [2.45, 2.75) is 4.90 Å². The Labute approximate surface area is 77.6 Å². The molecule has 1 rings (SSSR count). The molecule has 0 N–H and O–H groups in total. The molecule has 0 aliphatic heterocycles. The van der Waals surface area contributed by atoms with Gasteiger partial charge < -0.3 is 6.42 Å². The van der Waals surface area contributed by atoms with Crippen LogP contribution in [0.15, 0.2) is 35.2 Å². The first-order chi connectivity index (χ1) is 4.43. The van der Waals surface area contributed by atoms with Crippen LogP contribution in [0.25, 0.3) is 0 Å². The zero-order chi connectivity index (χ0) is 6.53. The van der Waals surface area contributed by atoms with Crippen LogP contribution in [-0.4, -0.2) is 0 Å². The fourth-order valence-electron chi connectivity index (χ4n) is 0.547. The molecular weight excluding hydrogens is 135 g/mol. The summed E-state index contributed by atoms with van der Waals surface area (Å²) in [5, 5.41) is 2.25. The maximum Gasteiger partial charge on any atom is 1.00 e. The topological polar surface area (TPSA) is 0 Å². The molecule has 1 aromatic carbocycles. The molecule has 1 aromatic rings. The maximum absolute atomic E-state index is 6.65. The van der Waals surface area contributed by atoms with Gasteiger partial charge in [0.1, 0.15) is 0 Å². The third-order valence-corrected chi connectivity index (χ3v) is 1.52. The fourth-order valence-corrected chi connectivity index (χ4v) is 0.959. The van der Waals surface area contributed by atoms with E-state index in [-0.39, 0.29) is 18.9 Å². The number of hydrogen-bond donors (Lipinski definition) is 0. The van der Waals surface area contributed by atoms with Gasteiger partial charge in [-0.25, -0.2) is 0 Å². The van der Waals surface area contributed by atoms with Gasteiger partial charge in [-0.3, -0.25) is 5.25 Å². The molecule has 0 bridgehead atoms. The number of hydrogen-bond acceptors (Lipinski definition) is 1. The molecule has 44 valence electrons. The van der Waals surface area contributed by atoms with Crippen molar-refractivity contribution < 1.29 is 18.9 Å². The normalized spacial score (nSPS) is 7.50. The Hall–Kier alpha value is -0.273. The fraction of sp³-hybridized carbons (Fsp3) is 0. The monoisotopic (exact) mass is 140 g/mol. The first kappa shape index (κ1) is 9.73. The smallest absolute Gasteiger partial charge is 0.681 e. The van der Waals surface area contributed by atoms with E-state index in [1.165, 1.54) is 11.8 Å². The molecule has 0 saturated heterocycles. The third kappa shape index (κ3) is 3.04. The van der Waals surface area contributed by atoms with Crippen LogP contribution in [0.3, 0.4) is 0 Å². The molecule has 0 saturated carbocycles. The molecule has 0 amide bonds. The summed E-state index contributed by atoms with van der Waals surface area (Å²) in [4.78, 5) is 1.06. The van der Waals surface area contributed by atoms with Crippen molar-refractivity contribution in [1.29, 1.82) is 0 Å². The van der Waals surface area contributed by atoms with Crippen molar-refractivity contribution in [3.8, 4) is 5.25 Å². The van der Waals surface area contributed by atoms with Gasteiger partial charge in [0.25, 0.3) is 0 Å². The summed E-state index contributed by atoms with van der Waals surface area (Å²) in [6.45, 7) is 0. The minimum absolute atomic E-state index is 0. The number of rotatable bonds is 1. The first-order valence-electron chi connectivity index (χ1n) is 2.57. The second-order valence-corrected chi connectivity index (χ2v) is 2.40. The van der Waals surface area contributed by atoms with E-state index in [1.807, 2.05) is 30.3 Å². The molecule has 2 heteroatoms. The average Bonchev–Trinajstić information content (AvgIpc) is 1.91. The molecule has 0 aliphatic carbocycles. The van der Waals surface area contributed by atoms with Gasteiger partial charge in [0.15, 0.2) is 0 Å². The predicted molar refractivity (Wildman–Crippen MR) is 39.4 cm³/mol. The van der Waals surface area contributed by atoms with Crippen molar-refractivity contribution in [2.75, 3.05) is 0 Å². The average molecular weight is 140 g/mol. The first-order valence-corrected chi connectivity index (χ1v) is 3.39. The van der Waals surface area contributed by atoms with E-state index in [2.05, 4.69) is 5.25 Å². The van der Waals surface area contributed by atoms with E-state index < -0.39 is 0 Å². The Morgan fingerprint density at radius 1 is 1.20 bits per heavy atom. The SMILES string of the molecule is [C-]#CSc1ccccc1.[Li+]. The van der Waals surface area contributed by atoms with Crippen LogP contribution in [0.1, 0.15) is 0 Å². The Balaban J connectivity index is 0.000000810. The molecule has 0 spiro atoms. The van der Waals surface area contributed by atoms with Crippen molar-refractivity contribution in [3.63, 3.8) is 0 Å². The van der Waals surface area contributed by atoms with Crippen LogP contribution in [0.2, 0.25) is 0 Å². The van der Waals surface area contributed by atoms with E-state index in [9.17, 15) is 0 Å². The molecule has 10 heavy (non-hydrogen) atoms. The van der Waals surface area contributed by atoms with Crippen LogP contribution in [0, 0.1) is 11.7 Å². The quantitative estimate of drug-likeness (QED) is 0.216. The molecular formula is C8H5LiS. The van der Waals surface area contributed by atoms with Crippen LogP contribution in [-0.2, 0) is 0 Å². The molecule has 0 aromatic heterocycles. The van der Waals surface area contributed by atoms with Gasteiger partial charge in [0, 0.05) is 4.90 Å². The Morgan fingerprint density at radius 3 is 2.30 bits per heavy atom. The number of benzene rings is 1. The van der Waals surface area contributed by atoms with Crippen LogP contribution in [0.5, 0.6) is 0 Å². The van der Waals surface area contributed by atoms with Gasteiger partial charge in [-0.05, 0) is 12.1 Å². The standard InChI is InChI=1S/C8H5S.Li/c1-2-9-8-6-4-3-5-7-8;/h3-7H;/q-1;+1. The van der Waals surface area contributed by atoms with Crippen LogP contribution >= 0.6 is 11.8 Å². The minimum atomic E-state index is 0. The van der Waals surface area contributed by atoms with Gasteiger partial charge in [0.2, 0.25) is 0 Å². The molecule has 0 atom stereocenters. The Morgan fingerprint density at radius 2 is 1.80 bits per heavy atom. The van der Waals surface area contributed by atoms with Crippen molar-refractivity contribution in [1.82, 2.24) is 0 Å². The van der Waals surface area contributed by atoms with Crippen LogP contribution in [0.4, 0.5) is 0 Å².